The fourth-order valence-corrected chi connectivity index (χ4v) is 0.898. The van der Waals surface area contributed by atoms with Crippen LogP contribution in [-0.2, 0) is 6.54 Å². The molecule has 13 heavy (non-hydrogen) atoms. The van der Waals surface area contributed by atoms with Crippen LogP contribution in [0.5, 0.6) is 5.75 Å². The van der Waals surface area contributed by atoms with Crippen molar-refractivity contribution in [1.82, 2.24) is 4.98 Å². The van der Waals surface area contributed by atoms with Crippen molar-refractivity contribution >= 4 is 0 Å². The number of pyridine rings is 1. The Morgan fingerprint density at radius 3 is 3.15 bits per heavy atom. The molecule has 0 radical (unpaired) electrons. The first-order valence-electron chi connectivity index (χ1n) is 4.25. The van der Waals surface area contributed by atoms with Crippen LogP contribution in [0.3, 0.4) is 0 Å². The number of rotatable bonds is 4. The number of allylic oxidation sites excluding steroid dienone is 1. The van der Waals surface area contributed by atoms with Gasteiger partial charge in [-0.3, -0.25) is 4.98 Å². The fraction of sp³-hybridized carbons (Fsp3) is 0.300. The van der Waals surface area contributed by atoms with Crippen molar-refractivity contribution in [3.8, 4) is 5.75 Å². The van der Waals surface area contributed by atoms with Gasteiger partial charge in [0.15, 0.2) is 0 Å². The van der Waals surface area contributed by atoms with Gasteiger partial charge in [-0.2, -0.15) is 0 Å². The Morgan fingerprint density at radius 2 is 2.46 bits per heavy atom. The standard InChI is InChI=1S/C10H14N2O/c1-2-3-6-13-10-4-5-12-9(7-10)8-11/h2-5,7H,6,8,11H2,1H3. The minimum atomic E-state index is 0.445. The number of aromatic nitrogens is 1. The molecule has 0 saturated heterocycles. The molecule has 0 amide bonds. The topological polar surface area (TPSA) is 48.1 Å². The number of nitrogens with two attached hydrogens (primary N) is 1. The van der Waals surface area contributed by atoms with E-state index < -0.39 is 0 Å². The maximum Gasteiger partial charge on any atom is 0.123 e. The molecule has 0 saturated carbocycles. The van der Waals surface area contributed by atoms with Crippen molar-refractivity contribution in [1.29, 1.82) is 0 Å². The maximum atomic E-state index is 5.44. The number of ether oxygens (including phenoxy) is 1. The SMILES string of the molecule is CC=CCOc1ccnc(CN)c1. The Labute approximate surface area is 78.2 Å². The fourth-order valence-electron chi connectivity index (χ4n) is 0.898. The van der Waals surface area contributed by atoms with E-state index in [1.165, 1.54) is 0 Å². The van der Waals surface area contributed by atoms with Crippen LogP contribution in [-0.4, -0.2) is 11.6 Å². The van der Waals surface area contributed by atoms with Gasteiger partial charge in [-0.1, -0.05) is 12.2 Å². The molecule has 3 heteroatoms. The highest BCUT2D eigenvalue weighted by atomic mass is 16.5. The molecule has 1 heterocycles. The van der Waals surface area contributed by atoms with Crippen molar-refractivity contribution in [2.24, 2.45) is 5.73 Å². The molecule has 0 aliphatic rings. The number of hydrogen-bond acceptors (Lipinski definition) is 3. The Hall–Kier alpha value is -1.35. The Balaban J connectivity index is 2.56. The maximum absolute atomic E-state index is 5.44. The van der Waals surface area contributed by atoms with Gasteiger partial charge in [-0.25, -0.2) is 0 Å². The van der Waals surface area contributed by atoms with Crippen LogP contribution in [0.15, 0.2) is 30.5 Å². The summed E-state index contributed by atoms with van der Waals surface area (Å²) >= 11 is 0. The van der Waals surface area contributed by atoms with Crippen molar-refractivity contribution in [3.63, 3.8) is 0 Å². The van der Waals surface area contributed by atoms with Crippen molar-refractivity contribution in [2.75, 3.05) is 6.61 Å². The zero-order valence-electron chi connectivity index (χ0n) is 7.73. The lowest BCUT2D eigenvalue weighted by atomic mass is 10.3. The third-order valence-electron chi connectivity index (χ3n) is 1.58. The molecule has 3 nitrogen and oxygen atoms in total. The molecule has 0 fully saturated rings. The zero-order valence-corrected chi connectivity index (χ0v) is 7.73. The Morgan fingerprint density at radius 1 is 1.62 bits per heavy atom. The quantitative estimate of drug-likeness (QED) is 0.711. The van der Waals surface area contributed by atoms with Gasteiger partial charge < -0.3 is 10.5 Å². The van der Waals surface area contributed by atoms with E-state index in [4.69, 9.17) is 10.5 Å². The second kappa shape index (κ2) is 5.32. The van der Waals surface area contributed by atoms with Gasteiger partial charge in [0, 0.05) is 18.8 Å². The first-order chi connectivity index (χ1) is 6.36. The lowest BCUT2D eigenvalue weighted by Gasteiger charge is -2.03. The van der Waals surface area contributed by atoms with Crippen LogP contribution < -0.4 is 10.5 Å². The molecule has 0 aromatic carbocycles. The van der Waals surface area contributed by atoms with Gasteiger partial charge in [0.25, 0.3) is 0 Å². The third kappa shape index (κ3) is 3.25. The summed E-state index contributed by atoms with van der Waals surface area (Å²) in [6, 6.07) is 3.67. The Bertz CT molecular complexity index is 284. The van der Waals surface area contributed by atoms with Crippen molar-refractivity contribution in [3.05, 3.63) is 36.2 Å². The molecule has 2 N–H and O–H groups in total. The summed E-state index contributed by atoms with van der Waals surface area (Å²) in [7, 11) is 0. The summed E-state index contributed by atoms with van der Waals surface area (Å²) < 4.78 is 5.41. The monoisotopic (exact) mass is 178 g/mol. The largest absolute Gasteiger partial charge is 0.489 e. The molecule has 70 valence electrons. The minimum absolute atomic E-state index is 0.445. The average Bonchev–Trinajstić information content (AvgIpc) is 2.19. The molecule has 0 aliphatic heterocycles. The molecule has 0 spiro atoms. The Kier molecular flexibility index (Phi) is 3.99. The van der Waals surface area contributed by atoms with Gasteiger partial charge in [0.05, 0.1) is 5.69 Å². The number of hydrogen-bond donors (Lipinski definition) is 1. The molecular weight excluding hydrogens is 164 g/mol. The summed E-state index contributed by atoms with van der Waals surface area (Å²) in [5, 5.41) is 0. The molecule has 0 unspecified atom stereocenters. The predicted octanol–water partition coefficient (Wildman–Crippen LogP) is 1.50. The highest BCUT2D eigenvalue weighted by molar-refractivity contribution is 5.22. The normalized spacial score (nSPS) is 10.6. The summed E-state index contributed by atoms with van der Waals surface area (Å²) in [5.41, 5.74) is 6.29. The van der Waals surface area contributed by atoms with Crippen molar-refractivity contribution in [2.45, 2.75) is 13.5 Å². The highest BCUT2D eigenvalue weighted by Crippen LogP contribution is 2.10. The van der Waals surface area contributed by atoms with E-state index in [0.29, 0.717) is 13.2 Å². The first-order valence-corrected chi connectivity index (χ1v) is 4.25. The molecule has 1 aromatic heterocycles. The summed E-state index contributed by atoms with van der Waals surface area (Å²) in [4.78, 5) is 4.06. The molecule has 0 bridgehead atoms. The average molecular weight is 178 g/mol. The van der Waals surface area contributed by atoms with Crippen molar-refractivity contribution < 1.29 is 4.74 Å². The lowest BCUT2D eigenvalue weighted by molar-refractivity contribution is 0.362. The first kappa shape index (κ1) is 9.74. The summed E-state index contributed by atoms with van der Waals surface area (Å²) in [6.45, 7) is 2.99. The van der Waals surface area contributed by atoms with Gasteiger partial charge in [0.1, 0.15) is 12.4 Å². The van der Waals surface area contributed by atoms with E-state index in [2.05, 4.69) is 4.98 Å². The summed E-state index contributed by atoms with van der Waals surface area (Å²) in [6.07, 6.45) is 5.60. The van der Waals surface area contributed by atoms with Gasteiger partial charge in [-0.05, 0) is 13.0 Å². The third-order valence-corrected chi connectivity index (χ3v) is 1.58. The van der Waals surface area contributed by atoms with Crippen LogP contribution in [0.1, 0.15) is 12.6 Å². The highest BCUT2D eigenvalue weighted by Gasteiger charge is 1.94. The smallest absolute Gasteiger partial charge is 0.123 e. The molecule has 0 aliphatic carbocycles. The van der Waals surface area contributed by atoms with E-state index >= 15 is 0 Å². The summed E-state index contributed by atoms with van der Waals surface area (Å²) in [5.74, 6) is 0.813. The van der Waals surface area contributed by atoms with Gasteiger partial charge in [-0.15, -0.1) is 0 Å². The molecule has 1 aromatic rings. The lowest BCUT2D eigenvalue weighted by Crippen LogP contribution is -2.00. The van der Waals surface area contributed by atoms with E-state index in [9.17, 15) is 0 Å². The van der Waals surface area contributed by atoms with Gasteiger partial charge in [0.2, 0.25) is 0 Å². The van der Waals surface area contributed by atoms with Crippen LogP contribution >= 0.6 is 0 Å². The van der Waals surface area contributed by atoms with E-state index in [1.807, 2.05) is 31.2 Å². The molecule has 1 rings (SSSR count). The van der Waals surface area contributed by atoms with Crippen LogP contribution in [0.25, 0.3) is 0 Å². The molecule has 0 atom stereocenters. The predicted molar refractivity (Wildman–Crippen MR) is 52.4 cm³/mol. The van der Waals surface area contributed by atoms with E-state index in [-0.39, 0.29) is 0 Å². The van der Waals surface area contributed by atoms with Crippen LogP contribution in [0, 0.1) is 0 Å². The van der Waals surface area contributed by atoms with E-state index in [1.54, 1.807) is 6.20 Å². The van der Waals surface area contributed by atoms with Crippen LogP contribution in [0.4, 0.5) is 0 Å². The van der Waals surface area contributed by atoms with Gasteiger partial charge >= 0.3 is 0 Å². The zero-order chi connectivity index (χ0) is 9.52. The molecular formula is C10H14N2O. The second-order valence-electron chi connectivity index (χ2n) is 2.57. The second-order valence-corrected chi connectivity index (χ2v) is 2.57. The number of nitrogens with zero attached hydrogens (tertiary/aromatic N) is 1. The van der Waals surface area contributed by atoms with Crippen LogP contribution in [0.2, 0.25) is 0 Å². The minimum Gasteiger partial charge on any atom is -0.489 e. The van der Waals surface area contributed by atoms with E-state index in [0.717, 1.165) is 11.4 Å².